The summed E-state index contributed by atoms with van der Waals surface area (Å²) in [5, 5.41) is 12.8. The molecular weight excluding hydrogens is 368 g/mol. The number of nitro benzene ring substituents is 1. The molecule has 0 atom stereocenters. The van der Waals surface area contributed by atoms with Crippen LogP contribution >= 0.6 is 0 Å². The first-order valence-corrected chi connectivity index (χ1v) is 7.97. The van der Waals surface area contributed by atoms with Crippen molar-refractivity contribution in [1.82, 2.24) is 5.32 Å². The van der Waals surface area contributed by atoms with Crippen LogP contribution < -0.4 is 10.1 Å². The highest BCUT2D eigenvalue weighted by Crippen LogP contribution is 2.17. The maximum absolute atomic E-state index is 12.1. The van der Waals surface area contributed by atoms with Crippen molar-refractivity contribution in [2.75, 3.05) is 13.7 Å². The zero-order chi connectivity index (χ0) is 20.5. The number of hydrogen-bond donors (Lipinski definition) is 1. The first-order chi connectivity index (χ1) is 13.4. The molecule has 0 aliphatic carbocycles. The van der Waals surface area contributed by atoms with Crippen LogP contribution in [0.25, 0.3) is 6.08 Å². The maximum Gasteiger partial charge on any atom is 0.331 e. The molecule has 2 aromatic carbocycles. The first kappa shape index (κ1) is 20.3. The van der Waals surface area contributed by atoms with Crippen molar-refractivity contribution in [3.05, 3.63) is 75.8 Å². The summed E-state index contributed by atoms with van der Waals surface area (Å²) in [5.41, 5.74) is 0.460. The topological polar surface area (TPSA) is 125 Å². The van der Waals surface area contributed by atoms with Crippen molar-refractivity contribution >= 4 is 29.5 Å². The second kappa shape index (κ2) is 9.62. The second-order valence-corrected chi connectivity index (χ2v) is 5.37. The number of methoxy groups -OCH3 is 1. The minimum absolute atomic E-state index is 0.121. The summed E-state index contributed by atoms with van der Waals surface area (Å²) in [6, 6.07) is 12.0. The molecule has 0 aliphatic heterocycles. The van der Waals surface area contributed by atoms with Crippen LogP contribution in [0.15, 0.2) is 54.6 Å². The second-order valence-electron chi connectivity index (χ2n) is 5.37. The summed E-state index contributed by atoms with van der Waals surface area (Å²) >= 11 is 0. The molecule has 0 aliphatic rings. The lowest BCUT2D eigenvalue weighted by Crippen LogP contribution is -2.34. The van der Waals surface area contributed by atoms with Gasteiger partial charge in [-0.3, -0.25) is 25.0 Å². The molecule has 2 aromatic rings. The fraction of sp³-hybridized carbons (Fsp3) is 0.105. The Morgan fingerprint density at radius 1 is 1.14 bits per heavy atom. The third-order valence-corrected chi connectivity index (χ3v) is 3.44. The van der Waals surface area contributed by atoms with E-state index in [9.17, 15) is 24.5 Å². The predicted octanol–water partition coefficient (Wildman–Crippen LogP) is 2.12. The van der Waals surface area contributed by atoms with E-state index in [0.717, 1.165) is 6.08 Å². The van der Waals surface area contributed by atoms with Gasteiger partial charge in [0.1, 0.15) is 5.75 Å². The third-order valence-electron chi connectivity index (χ3n) is 3.44. The number of carbonyl (C=O) groups excluding carboxylic acids is 3. The number of carbonyl (C=O) groups is 3. The van der Waals surface area contributed by atoms with Gasteiger partial charge in [-0.1, -0.05) is 24.3 Å². The molecule has 28 heavy (non-hydrogen) atoms. The van der Waals surface area contributed by atoms with E-state index in [2.05, 4.69) is 5.32 Å². The van der Waals surface area contributed by atoms with Gasteiger partial charge < -0.3 is 9.47 Å². The molecule has 0 spiro atoms. The van der Waals surface area contributed by atoms with Crippen LogP contribution in [0.5, 0.6) is 5.75 Å². The molecule has 0 saturated heterocycles. The van der Waals surface area contributed by atoms with E-state index < -0.39 is 29.3 Å². The monoisotopic (exact) mass is 384 g/mol. The fourth-order valence-corrected chi connectivity index (χ4v) is 2.15. The van der Waals surface area contributed by atoms with Crippen LogP contribution in [-0.2, 0) is 14.3 Å². The number of non-ortho nitro benzene ring substituents is 1. The maximum atomic E-state index is 12.1. The largest absolute Gasteiger partial charge is 0.496 e. The van der Waals surface area contributed by atoms with Gasteiger partial charge in [0.05, 0.1) is 17.6 Å². The lowest BCUT2D eigenvalue weighted by Gasteiger charge is -2.08. The van der Waals surface area contributed by atoms with Gasteiger partial charge in [0.15, 0.2) is 6.61 Å². The number of nitrogens with zero attached hydrogens (tertiary/aromatic N) is 1. The number of ether oxygens (including phenoxy) is 2. The Balaban J connectivity index is 1.87. The van der Waals surface area contributed by atoms with E-state index in [1.165, 1.54) is 37.5 Å². The van der Waals surface area contributed by atoms with Crippen molar-refractivity contribution < 1.29 is 28.8 Å². The van der Waals surface area contributed by atoms with E-state index >= 15 is 0 Å². The molecule has 0 unspecified atom stereocenters. The summed E-state index contributed by atoms with van der Waals surface area (Å²) in [6.45, 7) is -0.668. The van der Waals surface area contributed by atoms with Gasteiger partial charge in [-0.2, -0.15) is 0 Å². The van der Waals surface area contributed by atoms with E-state index in [0.29, 0.717) is 11.3 Å². The quantitative estimate of drug-likeness (QED) is 0.335. The lowest BCUT2D eigenvalue weighted by molar-refractivity contribution is -0.384. The summed E-state index contributed by atoms with van der Waals surface area (Å²) in [4.78, 5) is 45.7. The molecule has 0 bridgehead atoms. The molecule has 0 aromatic heterocycles. The third kappa shape index (κ3) is 5.77. The van der Waals surface area contributed by atoms with Gasteiger partial charge >= 0.3 is 5.97 Å². The highest BCUT2D eigenvalue weighted by molar-refractivity contribution is 6.06. The fourth-order valence-electron chi connectivity index (χ4n) is 2.15. The molecule has 1 N–H and O–H groups in total. The van der Waals surface area contributed by atoms with Crippen molar-refractivity contribution in [3.63, 3.8) is 0 Å². The smallest absolute Gasteiger partial charge is 0.331 e. The van der Waals surface area contributed by atoms with E-state index in [4.69, 9.17) is 9.47 Å². The van der Waals surface area contributed by atoms with Gasteiger partial charge in [0.2, 0.25) is 0 Å². The molecular formula is C19H16N2O7. The zero-order valence-electron chi connectivity index (χ0n) is 14.8. The Hall–Kier alpha value is -4.01. The number of para-hydroxylation sites is 1. The van der Waals surface area contributed by atoms with Gasteiger partial charge in [-0.05, 0) is 23.8 Å². The summed E-state index contributed by atoms with van der Waals surface area (Å²) < 4.78 is 9.78. The number of nitro groups is 1. The van der Waals surface area contributed by atoms with Crippen LogP contribution in [0.1, 0.15) is 15.9 Å². The summed E-state index contributed by atoms with van der Waals surface area (Å²) in [6.07, 6.45) is 2.33. The lowest BCUT2D eigenvalue weighted by atomic mass is 10.2. The van der Waals surface area contributed by atoms with Gasteiger partial charge in [-0.15, -0.1) is 0 Å². The van der Waals surface area contributed by atoms with Crippen LogP contribution in [0.3, 0.4) is 0 Å². The standard InChI is InChI=1S/C19H16N2O7/c1-27-16-8-3-2-7-15(16)19(24)20-17(22)12-28-18(23)10-9-13-5-4-6-14(11-13)21(25)26/h2-11H,12H2,1H3,(H,20,22,24). The number of nitrogens with one attached hydrogen (secondary N) is 1. The minimum atomic E-state index is -0.841. The van der Waals surface area contributed by atoms with Crippen molar-refractivity contribution in [3.8, 4) is 5.75 Å². The number of benzene rings is 2. The van der Waals surface area contributed by atoms with Gasteiger partial charge in [-0.25, -0.2) is 4.79 Å². The van der Waals surface area contributed by atoms with Crippen molar-refractivity contribution in [2.24, 2.45) is 0 Å². The number of hydrogen-bond acceptors (Lipinski definition) is 7. The van der Waals surface area contributed by atoms with Gasteiger partial charge in [0.25, 0.3) is 17.5 Å². The molecule has 2 rings (SSSR count). The predicted molar refractivity (Wildman–Crippen MR) is 98.6 cm³/mol. The average Bonchev–Trinajstić information content (AvgIpc) is 2.70. The highest BCUT2D eigenvalue weighted by Gasteiger charge is 2.15. The molecule has 0 saturated carbocycles. The van der Waals surface area contributed by atoms with Crippen LogP contribution in [0.4, 0.5) is 5.69 Å². The van der Waals surface area contributed by atoms with E-state index in [-0.39, 0.29) is 11.3 Å². The Labute approximate surface area is 159 Å². The van der Waals surface area contributed by atoms with Gasteiger partial charge in [0, 0.05) is 18.2 Å². The molecule has 9 heteroatoms. The molecule has 0 fully saturated rings. The van der Waals surface area contributed by atoms with E-state index in [1.807, 2.05) is 0 Å². The highest BCUT2D eigenvalue weighted by atomic mass is 16.6. The molecule has 9 nitrogen and oxygen atoms in total. The molecule has 0 heterocycles. The average molecular weight is 384 g/mol. The summed E-state index contributed by atoms with van der Waals surface area (Å²) in [7, 11) is 1.39. The normalized spacial score (nSPS) is 10.3. The first-order valence-electron chi connectivity index (χ1n) is 7.97. The van der Waals surface area contributed by atoms with Crippen LogP contribution in [0.2, 0.25) is 0 Å². The Kier molecular flexibility index (Phi) is 6.98. The SMILES string of the molecule is COc1ccccc1C(=O)NC(=O)COC(=O)C=Cc1cccc([N+](=O)[O-])c1. The Morgan fingerprint density at radius 3 is 2.61 bits per heavy atom. The van der Waals surface area contributed by atoms with Crippen LogP contribution in [0, 0.1) is 10.1 Å². The number of rotatable bonds is 7. The Morgan fingerprint density at radius 2 is 1.89 bits per heavy atom. The molecule has 2 amide bonds. The minimum Gasteiger partial charge on any atom is -0.496 e. The molecule has 144 valence electrons. The van der Waals surface area contributed by atoms with Crippen LogP contribution in [-0.4, -0.2) is 36.4 Å². The zero-order valence-corrected chi connectivity index (χ0v) is 14.8. The molecule has 0 radical (unpaired) electrons. The number of esters is 1. The van der Waals surface area contributed by atoms with Crippen molar-refractivity contribution in [2.45, 2.75) is 0 Å². The Bertz CT molecular complexity index is 937. The van der Waals surface area contributed by atoms with E-state index in [1.54, 1.807) is 24.3 Å². The number of imide groups is 1. The van der Waals surface area contributed by atoms with Crippen molar-refractivity contribution in [1.29, 1.82) is 0 Å². The number of amides is 2. The summed E-state index contributed by atoms with van der Waals surface area (Å²) in [5.74, 6) is -2.05.